The minimum Gasteiger partial charge on any atom is -0.492 e. The normalized spacial score (nSPS) is 12.3. The Labute approximate surface area is 153 Å². The quantitative estimate of drug-likeness (QED) is 0.706. The van der Waals surface area contributed by atoms with Crippen molar-refractivity contribution in [1.82, 2.24) is 9.97 Å². The molecular weight excluding hydrogens is 350 g/mol. The Kier molecular flexibility index (Phi) is 4.66. The highest BCUT2D eigenvalue weighted by molar-refractivity contribution is 7.92. The maximum absolute atomic E-state index is 13.1. The predicted molar refractivity (Wildman–Crippen MR) is 103 cm³/mol. The fourth-order valence-electron chi connectivity index (χ4n) is 2.71. The largest absolute Gasteiger partial charge is 0.492 e. The summed E-state index contributed by atoms with van der Waals surface area (Å²) < 4.78 is 34.4. The number of fused-ring (bicyclic) bond motifs is 1. The van der Waals surface area contributed by atoms with Crippen LogP contribution in [-0.2, 0) is 15.4 Å². The average Bonchev–Trinajstić information content (AvgIpc) is 3.04. The van der Waals surface area contributed by atoms with Crippen LogP contribution in [0.15, 0.2) is 47.6 Å². The lowest BCUT2D eigenvalue weighted by molar-refractivity contribution is 0.331. The van der Waals surface area contributed by atoms with E-state index in [0.717, 1.165) is 11.1 Å². The van der Waals surface area contributed by atoms with Gasteiger partial charge >= 0.3 is 0 Å². The molecule has 26 heavy (non-hydrogen) atoms. The third kappa shape index (κ3) is 3.53. The molecule has 0 amide bonds. The first kappa shape index (κ1) is 18.3. The number of imidazole rings is 1. The molecule has 0 saturated heterocycles. The molecule has 0 spiro atoms. The van der Waals surface area contributed by atoms with Crippen molar-refractivity contribution < 1.29 is 13.2 Å². The third-order valence-corrected chi connectivity index (χ3v) is 5.48. The number of rotatable bonds is 5. The second kappa shape index (κ2) is 6.64. The van der Waals surface area contributed by atoms with Crippen LogP contribution < -0.4 is 9.46 Å². The smallest absolute Gasteiger partial charge is 0.265 e. The van der Waals surface area contributed by atoms with E-state index in [0.29, 0.717) is 23.6 Å². The van der Waals surface area contributed by atoms with Gasteiger partial charge in [0, 0.05) is 0 Å². The zero-order valence-electron chi connectivity index (χ0n) is 15.3. The summed E-state index contributed by atoms with van der Waals surface area (Å²) in [7, 11) is -3.85. The summed E-state index contributed by atoms with van der Waals surface area (Å²) in [5, 5.41) is 0. The lowest BCUT2D eigenvalue weighted by Crippen LogP contribution is -2.17. The van der Waals surface area contributed by atoms with Gasteiger partial charge in [0.25, 0.3) is 10.0 Å². The van der Waals surface area contributed by atoms with Gasteiger partial charge in [0.15, 0.2) is 0 Å². The molecule has 3 aromatic rings. The Morgan fingerprint density at radius 3 is 2.65 bits per heavy atom. The molecule has 3 rings (SSSR count). The van der Waals surface area contributed by atoms with Crippen molar-refractivity contribution in [1.29, 1.82) is 0 Å². The van der Waals surface area contributed by atoms with Crippen molar-refractivity contribution >= 4 is 26.7 Å². The highest BCUT2D eigenvalue weighted by Gasteiger charge is 2.24. The van der Waals surface area contributed by atoms with Crippen LogP contribution in [0, 0.1) is 0 Å². The summed E-state index contributed by atoms with van der Waals surface area (Å²) in [5.41, 5.74) is 2.49. The summed E-state index contributed by atoms with van der Waals surface area (Å²) in [5.74, 6) is 0.335. The molecule has 0 saturated carbocycles. The van der Waals surface area contributed by atoms with Crippen molar-refractivity contribution in [3.8, 4) is 5.75 Å². The molecule has 0 radical (unpaired) electrons. The van der Waals surface area contributed by atoms with Gasteiger partial charge in [-0.05, 0) is 42.2 Å². The number of nitrogens with one attached hydrogen (secondary N) is 2. The Balaban J connectivity index is 2.09. The molecular formula is C19H23N3O3S. The first-order valence-electron chi connectivity index (χ1n) is 8.44. The van der Waals surface area contributed by atoms with Crippen molar-refractivity contribution in [3.05, 3.63) is 48.3 Å². The standard InChI is InChI=1S/C19H23N3O3S/c1-5-25-16-10-9-13(19(2,3)4)11-17(16)26(23,24)22-15-8-6-7-14-18(15)21-12-20-14/h6-12,22H,5H2,1-4H3,(H,20,21). The maximum Gasteiger partial charge on any atom is 0.265 e. The number of nitrogens with zero attached hydrogens (tertiary/aromatic N) is 1. The van der Waals surface area contributed by atoms with E-state index in [4.69, 9.17) is 4.74 Å². The summed E-state index contributed by atoms with van der Waals surface area (Å²) in [6.45, 7) is 8.32. The molecule has 2 N–H and O–H groups in total. The monoisotopic (exact) mass is 373 g/mol. The molecule has 0 aliphatic rings. The van der Waals surface area contributed by atoms with Gasteiger partial charge in [-0.1, -0.05) is 32.9 Å². The fourth-order valence-corrected chi connectivity index (χ4v) is 3.94. The molecule has 138 valence electrons. The fraction of sp³-hybridized carbons (Fsp3) is 0.316. The van der Waals surface area contributed by atoms with Gasteiger partial charge in [0.2, 0.25) is 0 Å². The molecule has 1 heterocycles. The van der Waals surface area contributed by atoms with Gasteiger partial charge in [-0.25, -0.2) is 13.4 Å². The van der Waals surface area contributed by atoms with Crippen molar-refractivity contribution in [2.24, 2.45) is 0 Å². The number of aromatic amines is 1. The Morgan fingerprint density at radius 1 is 1.19 bits per heavy atom. The molecule has 1 aromatic heterocycles. The molecule has 6 nitrogen and oxygen atoms in total. The SMILES string of the molecule is CCOc1ccc(C(C)(C)C)cc1S(=O)(=O)Nc1cccc2[nH]cnc12. The maximum atomic E-state index is 13.1. The zero-order chi connectivity index (χ0) is 18.9. The lowest BCUT2D eigenvalue weighted by atomic mass is 9.87. The third-order valence-electron chi connectivity index (χ3n) is 4.09. The lowest BCUT2D eigenvalue weighted by Gasteiger charge is -2.21. The average molecular weight is 373 g/mol. The number of H-pyrrole nitrogens is 1. The van der Waals surface area contributed by atoms with E-state index in [1.807, 2.05) is 39.8 Å². The number of hydrogen-bond donors (Lipinski definition) is 2. The summed E-state index contributed by atoms with van der Waals surface area (Å²) in [6.07, 6.45) is 1.54. The molecule has 0 aliphatic heterocycles. The summed E-state index contributed by atoms with van der Waals surface area (Å²) in [4.78, 5) is 7.30. The van der Waals surface area contributed by atoms with Crippen LogP contribution >= 0.6 is 0 Å². The van der Waals surface area contributed by atoms with E-state index in [9.17, 15) is 8.42 Å². The van der Waals surface area contributed by atoms with Crippen LogP contribution in [0.2, 0.25) is 0 Å². The predicted octanol–water partition coefficient (Wildman–Crippen LogP) is 4.06. The number of ether oxygens (including phenoxy) is 1. The van der Waals surface area contributed by atoms with Gasteiger partial charge in [0.1, 0.15) is 16.2 Å². The number of aromatic nitrogens is 2. The topological polar surface area (TPSA) is 84.1 Å². The second-order valence-electron chi connectivity index (χ2n) is 7.05. The Morgan fingerprint density at radius 2 is 1.96 bits per heavy atom. The Hall–Kier alpha value is -2.54. The number of benzene rings is 2. The molecule has 0 fully saturated rings. The van der Waals surface area contributed by atoms with Crippen molar-refractivity contribution in [2.45, 2.75) is 38.0 Å². The molecule has 0 bridgehead atoms. The van der Waals surface area contributed by atoms with Crippen LogP contribution in [0.4, 0.5) is 5.69 Å². The zero-order valence-corrected chi connectivity index (χ0v) is 16.1. The number of hydrogen-bond acceptors (Lipinski definition) is 4. The van der Waals surface area contributed by atoms with Crippen LogP contribution in [0.3, 0.4) is 0 Å². The van der Waals surface area contributed by atoms with E-state index in [1.165, 1.54) is 6.33 Å². The number of para-hydroxylation sites is 1. The number of anilines is 1. The van der Waals surface area contributed by atoms with Crippen molar-refractivity contribution in [2.75, 3.05) is 11.3 Å². The molecule has 0 atom stereocenters. The minimum absolute atomic E-state index is 0.124. The van der Waals surface area contributed by atoms with Gasteiger partial charge in [0.05, 0.1) is 24.1 Å². The van der Waals surface area contributed by atoms with Gasteiger partial charge in [-0.3, -0.25) is 4.72 Å². The molecule has 0 unspecified atom stereocenters. The first-order valence-corrected chi connectivity index (χ1v) is 9.93. The Bertz CT molecular complexity index is 1030. The summed E-state index contributed by atoms with van der Waals surface area (Å²) in [6, 6.07) is 10.6. The molecule has 2 aromatic carbocycles. The van der Waals surface area contributed by atoms with E-state index < -0.39 is 10.0 Å². The first-order chi connectivity index (χ1) is 12.2. The van der Waals surface area contributed by atoms with E-state index in [2.05, 4.69) is 14.7 Å². The van der Waals surface area contributed by atoms with Crippen LogP contribution in [0.25, 0.3) is 11.0 Å². The highest BCUT2D eigenvalue weighted by atomic mass is 32.2. The molecule has 7 heteroatoms. The van der Waals surface area contributed by atoms with Gasteiger partial charge in [-0.15, -0.1) is 0 Å². The van der Waals surface area contributed by atoms with Gasteiger partial charge < -0.3 is 9.72 Å². The molecule has 0 aliphatic carbocycles. The van der Waals surface area contributed by atoms with Crippen LogP contribution in [-0.4, -0.2) is 25.0 Å². The van der Waals surface area contributed by atoms with Crippen LogP contribution in [0.1, 0.15) is 33.3 Å². The van der Waals surface area contributed by atoms with E-state index in [1.54, 1.807) is 24.3 Å². The van der Waals surface area contributed by atoms with Crippen molar-refractivity contribution in [3.63, 3.8) is 0 Å². The minimum atomic E-state index is -3.85. The second-order valence-corrected chi connectivity index (χ2v) is 8.71. The van der Waals surface area contributed by atoms with Gasteiger partial charge in [-0.2, -0.15) is 0 Å². The van der Waals surface area contributed by atoms with E-state index in [-0.39, 0.29) is 10.3 Å². The van der Waals surface area contributed by atoms with Crippen LogP contribution in [0.5, 0.6) is 5.75 Å². The highest BCUT2D eigenvalue weighted by Crippen LogP contribution is 2.33. The summed E-state index contributed by atoms with van der Waals surface area (Å²) >= 11 is 0. The van der Waals surface area contributed by atoms with E-state index >= 15 is 0 Å². The number of sulfonamides is 1.